The molecule has 1 aromatic carbocycles. The Balaban J connectivity index is 1.67. The van der Waals surface area contributed by atoms with Crippen molar-refractivity contribution in [1.82, 2.24) is 14.4 Å². The third-order valence-corrected chi connectivity index (χ3v) is 6.50. The summed E-state index contributed by atoms with van der Waals surface area (Å²) in [5.74, 6) is 0.0228. The third kappa shape index (κ3) is 3.90. The second-order valence-corrected chi connectivity index (χ2v) is 8.49. The van der Waals surface area contributed by atoms with E-state index in [1.807, 2.05) is 17.2 Å². The molecule has 0 spiro atoms. The van der Waals surface area contributed by atoms with Crippen LogP contribution in [0.3, 0.4) is 0 Å². The monoisotopic (exact) mass is 424 g/mol. The smallest absolute Gasteiger partial charge is 0.274 e. The highest BCUT2D eigenvalue weighted by Gasteiger charge is 2.28. The Morgan fingerprint density at radius 2 is 1.87 bits per heavy atom. The number of amides is 2. The van der Waals surface area contributed by atoms with Gasteiger partial charge in [0.1, 0.15) is 12.3 Å². The standard InChI is InChI=1S/C23H28N4O2S/c1-3-16-9-8-10-18-17(13-19-22(29)25(2)23(30)24-19)14-27(21(16)18)15-20(28)26-11-6-4-5-7-12-26/h8-10,14H,3-7,11-13,15H2,1-2H3. The van der Waals surface area contributed by atoms with Crippen molar-refractivity contribution in [3.05, 3.63) is 35.5 Å². The first-order valence-electron chi connectivity index (χ1n) is 10.8. The lowest BCUT2D eigenvalue weighted by Crippen LogP contribution is -2.34. The second-order valence-electron chi connectivity index (χ2n) is 8.13. The van der Waals surface area contributed by atoms with E-state index in [9.17, 15) is 9.59 Å². The van der Waals surface area contributed by atoms with E-state index in [1.54, 1.807) is 7.05 Å². The number of aliphatic imine (C=N–C) groups is 1. The highest BCUT2D eigenvalue weighted by molar-refractivity contribution is 7.80. The van der Waals surface area contributed by atoms with Gasteiger partial charge in [-0.15, -0.1) is 0 Å². The first kappa shape index (κ1) is 20.7. The maximum Gasteiger partial charge on any atom is 0.274 e. The molecule has 0 atom stereocenters. The molecular weight excluding hydrogens is 396 g/mol. The third-order valence-electron chi connectivity index (χ3n) is 6.14. The SMILES string of the molecule is CCc1cccc2c(CC3=NC(=S)N(C)C3=O)cn(CC(=O)N3CCCCCC3)c12. The number of aryl methyl sites for hydroxylation is 1. The molecule has 1 aromatic heterocycles. The predicted molar refractivity (Wildman–Crippen MR) is 123 cm³/mol. The molecule has 0 bridgehead atoms. The molecule has 0 unspecified atom stereocenters. The largest absolute Gasteiger partial charge is 0.341 e. The van der Waals surface area contributed by atoms with Gasteiger partial charge in [-0.05, 0) is 42.6 Å². The molecule has 6 nitrogen and oxygen atoms in total. The van der Waals surface area contributed by atoms with Gasteiger partial charge in [0.25, 0.3) is 5.91 Å². The fourth-order valence-corrected chi connectivity index (χ4v) is 4.64. The Morgan fingerprint density at radius 1 is 1.13 bits per heavy atom. The van der Waals surface area contributed by atoms with Gasteiger partial charge in [-0.3, -0.25) is 14.5 Å². The van der Waals surface area contributed by atoms with Crippen molar-refractivity contribution in [3.8, 4) is 0 Å². The summed E-state index contributed by atoms with van der Waals surface area (Å²) in [5.41, 5.74) is 3.76. The normalized spacial score (nSPS) is 17.6. The molecule has 1 fully saturated rings. The predicted octanol–water partition coefficient (Wildman–Crippen LogP) is 3.35. The minimum Gasteiger partial charge on any atom is -0.341 e. The molecule has 2 aliphatic heterocycles. The Kier molecular flexibility index (Phi) is 5.99. The molecule has 4 rings (SSSR count). The zero-order valence-electron chi connectivity index (χ0n) is 17.7. The number of thiocarbonyl (C=S) groups is 1. The summed E-state index contributed by atoms with van der Waals surface area (Å²) in [6.07, 6.45) is 7.89. The van der Waals surface area contributed by atoms with Gasteiger partial charge in [-0.1, -0.05) is 38.0 Å². The first-order chi connectivity index (χ1) is 14.5. The van der Waals surface area contributed by atoms with E-state index in [1.165, 1.54) is 23.3 Å². The Morgan fingerprint density at radius 3 is 2.50 bits per heavy atom. The Hall–Kier alpha value is -2.54. The number of likely N-dealkylation sites (tertiary alicyclic amines) is 1. The number of para-hydroxylation sites is 1. The van der Waals surface area contributed by atoms with Crippen LogP contribution in [0.1, 0.15) is 43.7 Å². The summed E-state index contributed by atoms with van der Waals surface area (Å²) < 4.78 is 2.07. The quantitative estimate of drug-likeness (QED) is 0.692. The van der Waals surface area contributed by atoms with E-state index in [4.69, 9.17) is 12.2 Å². The molecule has 0 aliphatic carbocycles. The minimum atomic E-state index is -0.145. The number of nitrogens with zero attached hydrogens (tertiary/aromatic N) is 4. The van der Waals surface area contributed by atoms with Crippen LogP contribution in [-0.4, -0.2) is 57.1 Å². The van der Waals surface area contributed by atoms with E-state index in [0.717, 1.165) is 48.8 Å². The van der Waals surface area contributed by atoms with Gasteiger partial charge in [0.2, 0.25) is 11.0 Å². The summed E-state index contributed by atoms with van der Waals surface area (Å²) in [7, 11) is 1.65. The van der Waals surface area contributed by atoms with Crippen molar-refractivity contribution >= 4 is 45.8 Å². The number of fused-ring (bicyclic) bond motifs is 1. The van der Waals surface area contributed by atoms with E-state index in [0.29, 0.717) is 23.8 Å². The molecule has 0 saturated carbocycles. The molecule has 2 aliphatic rings. The minimum absolute atomic E-state index is 0.145. The zero-order valence-corrected chi connectivity index (χ0v) is 18.5. The number of hydrogen-bond acceptors (Lipinski definition) is 3. The van der Waals surface area contributed by atoms with Gasteiger partial charge < -0.3 is 9.47 Å². The van der Waals surface area contributed by atoms with Crippen LogP contribution in [0.25, 0.3) is 10.9 Å². The average molecular weight is 425 g/mol. The number of aromatic nitrogens is 1. The zero-order chi connectivity index (χ0) is 21.3. The van der Waals surface area contributed by atoms with Crippen LogP contribution in [0.4, 0.5) is 0 Å². The highest BCUT2D eigenvalue weighted by atomic mass is 32.1. The van der Waals surface area contributed by atoms with Crippen LogP contribution in [-0.2, 0) is 29.0 Å². The second kappa shape index (κ2) is 8.68. The van der Waals surface area contributed by atoms with Crippen LogP contribution < -0.4 is 0 Å². The molecule has 0 N–H and O–H groups in total. The van der Waals surface area contributed by atoms with E-state index in [2.05, 4.69) is 28.6 Å². The molecule has 2 amide bonds. The van der Waals surface area contributed by atoms with Crippen LogP contribution in [0, 0.1) is 0 Å². The lowest BCUT2D eigenvalue weighted by molar-refractivity contribution is -0.131. The van der Waals surface area contributed by atoms with E-state index < -0.39 is 0 Å². The Bertz CT molecular complexity index is 1030. The number of carbonyl (C=O) groups is 2. The van der Waals surface area contributed by atoms with Crippen molar-refractivity contribution in [3.63, 3.8) is 0 Å². The van der Waals surface area contributed by atoms with Crippen molar-refractivity contribution in [2.75, 3.05) is 20.1 Å². The fraction of sp³-hybridized carbons (Fsp3) is 0.478. The van der Waals surface area contributed by atoms with Crippen LogP contribution in [0.2, 0.25) is 0 Å². The summed E-state index contributed by atoms with van der Waals surface area (Å²) in [4.78, 5) is 33.2. The molecule has 0 radical (unpaired) electrons. The highest BCUT2D eigenvalue weighted by Crippen LogP contribution is 2.27. The number of carbonyl (C=O) groups excluding carboxylic acids is 2. The lowest BCUT2D eigenvalue weighted by Gasteiger charge is -2.21. The van der Waals surface area contributed by atoms with Gasteiger partial charge in [-0.25, -0.2) is 4.99 Å². The van der Waals surface area contributed by atoms with Gasteiger partial charge in [-0.2, -0.15) is 0 Å². The Labute approximate surface area is 182 Å². The molecular formula is C23H28N4O2S. The van der Waals surface area contributed by atoms with Crippen LogP contribution in [0.15, 0.2) is 29.4 Å². The summed E-state index contributed by atoms with van der Waals surface area (Å²) >= 11 is 5.16. The van der Waals surface area contributed by atoms with Crippen LogP contribution >= 0.6 is 12.2 Å². The molecule has 7 heteroatoms. The van der Waals surface area contributed by atoms with Gasteiger partial charge >= 0.3 is 0 Å². The molecule has 2 aromatic rings. The maximum absolute atomic E-state index is 13.1. The number of hydrogen-bond donors (Lipinski definition) is 0. The maximum atomic E-state index is 13.1. The molecule has 3 heterocycles. The van der Waals surface area contributed by atoms with Crippen molar-refractivity contribution < 1.29 is 9.59 Å². The lowest BCUT2D eigenvalue weighted by atomic mass is 10.0. The fourth-order valence-electron chi connectivity index (χ4n) is 4.44. The van der Waals surface area contributed by atoms with Gasteiger partial charge in [0.15, 0.2) is 0 Å². The van der Waals surface area contributed by atoms with Gasteiger partial charge in [0.05, 0.1) is 5.52 Å². The number of rotatable bonds is 5. The first-order valence-corrected chi connectivity index (χ1v) is 11.2. The molecule has 158 valence electrons. The topological polar surface area (TPSA) is 57.9 Å². The summed E-state index contributed by atoms with van der Waals surface area (Å²) in [5, 5.41) is 1.39. The van der Waals surface area contributed by atoms with Crippen molar-refractivity contribution in [2.45, 2.75) is 52.0 Å². The van der Waals surface area contributed by atoms with E-state index >= 15 is 0 Å². The van der Waals surface area contributed by atoms with Crippen molar-refractivity contribution in [1.29, 1.82) is 0 Å². The summed E-state index contributed by atoms with van der Waals surface area (Å²) in [6, 6.07) is 6.22. The van der Waals surface area contributed by atoms with E-state index in [-0.39, 0.29) is 11.8 Å². The molecule has 1 saturated heterocycles. The van der Waals surface area contributed by atoms with Gasteiger partial charge in [0, 0.05) is 38.1 Å². The van der Waals surface area contributed by atoms with Crippen molar-refractivity contribution in [2.24, 2.45) is 4.99 Å². The summed E-state index contributed by atoms with van der Waals surface area (Å²) in [6.45, 7) is 4.15. The average Bonchev–Trinajstić information content (AvgIpc) is 3.06. The van der Waals surface area contributed by atoms with Crippen LogP contribution in [0.5, 0.6) is 0 Å². The molecule has 30 heavy (non-hydrogen) atoms. The number of benzene rings is 1.